The number of rotatable bonds is 13. The maximum atomic E-state index is 13.1. The van der Waals surface area contributed by atoms with Gasteiger partial charge in [-0.15, -0.1) is 0 Å². The second kappa shape index (κ2) is 15.7. The van der Waals surface area contributed by atoms with Gasteiger partial charge in [-0.05, 0) is 73.3 Å². The van der Waals surface area contributed by atoms with Crippen LogP contribution in [0.1, 0.15) is 56.2 Å². The lowest BCUT2D eigenvalue weighted by Crippen LogP contribution is -2.48. The first-order valence-electron chi connectivity index (χ1n) is 15.8. The third-order valence-corrected chi connectivity index (χ3v) is 8.71. The quantitative estimate of drug-likeness (QED) is 0.135. The van der Waals surface area contributed by atoms with Gasteiger partial charge in [0.2, 0.25) is 0 Å². The lowest BCUT2D eigenvalue weighted by molar-refractivity contribution is -0.0363. The number of amides is 1. The van der Waals surface area contributed by atoms with E-state index in [1.54, 1.807) is 30.5 Å². The van der Waals surface area contributed by atoms with Crippen LogP contribution in [0.25, 0.3) is 10.8 Å². The van der Waals surface area contributed by atoms with Crippen molar-refractivity contribution in [1.29, 1.82) is 0 Å². The second-order valence-electron chi connectivity index (χ2n) is 12.4. The lowest BCUT2D eigenvalue weighted by Gasteiger charge is -2.39. The Labute approximate surface area is 276 Å². The zero-order chi connectivity index (χ0) is 32.5. The smallest absolute Gasteiger partial charge is 0.410 e. The third-order valence-electron chi connectivity index (χ3n) is 7.98. The summed E-state index contributed by atoms with van der Waals surface area (Å²) in [4.78, 5) is 14.8. The van der Waals surface area contributed by atoms with Crippen LogP contribution in [0.2, 0.25) is 0 Å². The van der Waals surface area contributed by atoms with Crippen LogP contribution >= 0.6 is 11.3 Å². The van der Waals surface area contributed by atoms with Crippen molar-refractivity contribution in [3.8, 4) is 17.2 Å². The summed E-state index contributed by atoms with van der Waals surface area (Å²) in [7, 11) is 3.34. The molecule has 1 amide bonds. The zero-order valence-corrected chi connectivity index (χ0v) is 28.3. The molecular weight excluding hydrogens is 602 g/mol. The van der Waals surface area contributed by atoms with E-state index in [2.05, 4.69) is 29.0 Å². The van der Waals surface area contributed by atoms with Crippen LogP contribution in [0.3, 0.4) is 0 Å². The Morgan fingerprint density at radius 3 is 2.43 bits per heavy atom. The van der Waals surface area contributed by atoms with E-state index < -0.39 is 5.60 Å². The largest absolute Gasteiger partial charge is 0.496 e. The number of benzene rings is 3. The Bertz CT molecular complexity index is 1550. The molecule has 9 heteroatoms. The minimum absolute atomic E-state index is 0.0755. The SMILES string of the molecule is COc1cc(COC2CN(C(=O)OC(C)(C)C)CCC2c2ccc(OCCCOCc3ccsc3)cc2)c(OC)c2ccccc12. The number of piperidine rings is 1. The van der Waals surface area contributed by atoms with Crippen molar-refractivity contribution in [2.24, 2.45) is 0 Å². The van der Waals surface area contributed by atoms with E-state index in [4.69, 9.17) is 28.4 Å². The molecule has 2 heterocycles. The van der Waals surface area contributed by atoms with Crippen LogP contribution in [0.15, 0.2) is 71.4 Å². The predicted molar refractivity (Wildman–Crippen MR) is 181 cm³/mol. The first kappa shape index (κ1) is 33.6. The minimum Gasteiger partial charge on any atom is -0.496 e. The van der Waals surface area contributed by atoms with Crippen molar-refractivity contribution >= 4 is 28.2 Å². The summed E-state index contributed by atoms with van der Waals surface area (Å²) in [6.07, 6.45) is 0.959. The fourth-order valence-electron chi connectivity index (χ4n) is 5.77. The van der Waals surface area contributed by atoms with E-state index in [0.717, 1.165) is 52.0 Å². The van der Waals surface area contributed by atoms with Gasteiger partial charge in [0.05, 0.1) is 53.3 Å². The molecule has 8 nitrogen and oxygen atoms in total. The molecule has 0 aliphatic carbocycles. The van der Waals surface area contributed by atoms with Crippen LogP contribution in [0.5, 0.6) is 17.2 Å². The first-order chi connectivity index (χ1) is 22.3. The minimum atomic E-state index is -0.578. The number of hydrogen-bond acceptors (Lipinski definition) is 8. The highest BCUT2D eigenvalue weighted by Gasteiger charge is 2.35. The topological polar surface area (TPSA) is 75.7 Å². The number of carbonyl (C=O) groups excluding carboxylic acids is 1. The Hall–Kier alpha value is -3.79. The normalized spacial score (nSPS) is 16.8. The van der Waals surface area contributed by atoms with E-state index in [1.807, 2.05) is 63.2 Å². The number of carbonyl (C=O) groups is 1. The van der Waals surface area contributed by atoms with E-state index in [9.17, 15) is 4.79 Å². The van der Waals surface area contributed by atoms with Crippen LogP contribution in [0.4, 0.5) is 4.79 Å². The second-order valence-corrected chi connectivity index (χ2v) is 13.2. The number of likely N-dealkylation sites (tertiary alicyclic amines) is 1. The molecule has 0 radical (unpaired) electrons. The molecule has 5 rings (SSSR count). The Morgan fingerprint density at radius 2 is 1.74 bits per heavy atom. The van der Waals surface area contributed by atoms with Gasteiger partial charge in [-0.2, -0.15) is 11.3 Å². The average molecular weight is 648 g/mol. The Morgan fingerprint density at radius 1 is 0.957 bits per heavy atom. The van der Waals surface area contributed by atoms with Crippen molar-refractivity contribution in [3.05, 3.63) is 88.1 Å². The molecule has 3 aromatic carbocycles. The molecule has 0 saturated carbocycles. The van der Waals surface area contributed by atoms with Crippen molar-refractivity contribution in [2.75, 3.05) is 40.5 Å². The van der Waals surface area contributed by atoms with E-state index in [1.165, 1.54) is 5.56 Å². The summed E-state index contributed by atoms with van der Waals surface area (Å²) < 4.78 is 35.7. The lowest BCUT2D eigenvalue weighted by atomic mass is 9.87. The van der Waals surface area contributed by atoms with Crippen LogP contribution < -0.4 is 14.2 Å². The van der Waals surface area contributed by atoms with Gasteiger partial charge < -0.3 is 33.3 Å². The van der Waals surface area contributed by atoms with E-state index in [-0.39, 0.29) is 18.1 Å². The number of thiophene rings is 1. The molecule has 0 spiro atoms. The fourth-order valence-corrected chi connectivity index (χ4v) is 6.42. The van der Waals surface area contributed by atoms with Gasteiger partial charge in [-0.1, -0.05) is 36.4 Å². The molecule has 1 saturated heterocycles. The van der Waals surface area contributed by atoms with Crippen LogP contribution in [-0.4, -0.2) is 63.2 Å². The van der Waals surface area contributed by atoms with Crippen LogP contribution in [0, 0.1) is 0 Å². The Kier molecular flexibility index (Phi) is 11.4. The zero-order valence-electron chi connectivity index (χ0n) is 27.5. The van der Waals surface area contributed by atoms with E-state index >= 15 is 0 Å². The Balaban J connectivity index is 1.27. The summed E-state index contributed by atoms with van der Waals surface area (Å²) in [5.74, 6) is 2.41. The average Bonchev–Trinajstić information content (AvgIpc) is 3.58. The summed E-state index contributed by atoms with van der Waals surface area (Å²) in [5.41, 5.74) is 2.65. The number of methoxy groups -OCH3 is 2. The number of fused-ring (bicyclic) bond motifs is 1. The predicted octanol–water partition coefficient (Wildman–Crippen LogP) is 8.21. The van der Waals surface area contributed by atoms with E-state index in [0.29, 0.717) is 39.5 Å². The highest BCUT2D eigenvalue weighted by Crippen LogP contribution is 2.38. The summed E-state index contributed by atoms with van der Waals surface area (Å²) in [5, 5.41) is 6.10. The fraction of sp³-hybridized carbons (Fsp3) is 0.432. The third kappa shape index (κ3) is 8.72. The molecule has 0 N–H and O–H groups in total. The van der Waals surface area contributed by atoms with Gasteiger partial charge in [-0.25, -0.2) is 4.79 Å². The standard InChI is InChI=1S/C37H45NO7S/c1-37(2,3)45-36(39)38-17-15-30(27-11-13-29(14-12-27)43-19-8-18-42-23-26-16-20-46-25-26)34(22-38)44-24-28-21-33(40-4)31-9-6-7-10-32(31)35(28)41-5/h6-7,9-14,16,20-21,25,30,34H,8,15,17-19,22-24H2,1-5H3. The van der Waals surface area contributed by atoms with Crippen molar-refractivity contribution in [3.63, 3.8) is 0 Å². The molecule has 4 aromatic rings. The van der Waals surface area contributed by atoms with Gasteiger partial charge in [0.1, 0.15) is 22.8 Å². The van der Waals surface area contributed by atoms with Gasteiger partial charge >= 0.3 is 6.09 Å². The summed E-state index contributed by atoms with van der Waals surface area (Å²) >= 11 is 1.68. The molecule has 2 atom stereocenters. The summed E-state index contributed by atoms with van der Waals surface area (Å²) in [6, 6.07) is 20.3. The number of hydrogen-bond donors (Lipinski definition) is 0. The number of nitrogens with zero attached hydrogens (tertiary/aromatic N) is 1. The molecule has 0 bridgehead atoms. The molecule has 1 fully saturated rings. The summed E-state index contributed by atoms with van der Waals surface area (Å²) in [6.45, 7) is 8.80. The first-order valence-corrected chi connectivity index (χ1v) is 16.7. The highest BCUT2D eigenvalue weighted by molar-refractivity contribution is 7.07. The molecular formula is C37H45NO7S. The van der Waals surface area contributed by atoms with Crippen molar-refractivity contribution in [2.45, 2.75) is 64.4 Å². The highest BCUT2D eigenvalue weighted by atomic mass is 32.1. The van der Waals surface area contributed by atoms with Gasteiger partial charge in [0.25, 0.3) is 0 Å². The van der Waals surface area contributed by atoms with Gasteiger partial charge in [0.15, 0.2) is 0 Å². The van der Waals surface area contributed by atoms with Crippen LogP contribution in [-0.2, 0) is 27.4 Å². The van der Waals surface area contributed by atoms with Gasteiger partial charge in [0, 0.05) is 35.2 Å². The van der Waals surface area contributed by atoms with Crippen molar-refractivity contribution in [1.82, 2.24) is 4.90 Å². The van der Waals surface area contributed by atoms with Gasteiger partial charge in [-0.3, -0.25) is 0 Å². The monoisotopic (exact) mass is 647 g/mol. The molecule has 46 heavy (non-hydrogen) atoms. The molecule has 2 unspecified atom stereocenters. The molecule has 246 valence electrons. The number of ether oxygens (including phenoxy) is 6. The molecule has 1 aromatic heterocycles. The maximum absolute atomic E-state index is 13.1. The van der Waals surface area contributed by atoms with Crippen molar-refractivity contribution < 1.29 is 33.2 Å². The molecule has 1 aliphatic rings. The molecule has 1 aliphatic heterocycles. The maximum Gasteiger partial charge on any atom is 0.410 e.